The monoisotopic (exact) mass is 462 g/mol. The molecule has 0 radical (unpaired) electrons. The number of aryl methyl sites for hydroxylation is 2. The van der Waals surface area contributed by atoms with Gasteiger partial charge in [0.2, 0.25) is 11.8 Å². The van der Waals surface area contributed by atoms with Gasteiger partial charge >= 0.3 is 0 Å². The van der Waals surface area contributed by atoms with E-state index in [1.807, 2.05) is 4.90 Å². The molecule has 2 amide bonds. The molecule has 0 bridgehead atoms. The third-order valence-corrected chi connectivity index (χ3v) is 7.15. The van der Waals surface area contributed by atoms with Gasteiger partial charge in [0.05, 0.1) is 6.54 Å². The fourth-order valence-corrected chi connectivity index (χ4v) is 5.20. The fourth-order valence-electron chi connectivity index (χ4n) is 5.20. The first kappa shape index (κ1) is 24.4. The van der Waals surface area contributed by atoms with E-state index in [9.17, 15) is 9.59 Å². The Kier molecular flexibility index (Phi) is 8.35. The second kappa shape index (κ2) is 11.6. The molecule has 0 unspecified atom stereocenters. The maximum absolute atomic E-state index is 11.9. The average molecular weight is 463 g/mol. The lowest BCUT2D eigenvalue weighted by Gasteiger charge is -2.33. The molecule has 0 atom stereocenters. The third-order valence-electron chi connectivity index (χ3n) is 7.15. The molecule has 2 aliphatic rings. The van der Waals surface area contributed by atoms with Crippen LogP contribution < -0.4 is 10.6 Å². The summed E-state index contributed by atoms with van der Waals surface area (Å²) in [7, 11) is 0. The van der Waals surface area contributed by atoms with Crippen LogP contribution in [-0.4, -0.2) is 67.4 Å². The molecule has 6 nitrogen and oxygen atoms in total. The van der Waals surface area contributed by atoms with E-state index in [0.29, 0.717) is 6.54 Å². The Hall–Kier alpha value is -2.70. The minimum Gasteiger partial charge on any atom is -0.369 e. The molecule has 34 heavy (non-hydrogen) atoms. The molecule has 2 N–H and O–H groups in total. The largest absolute Gasteiger partial charge is 0.369 e. The van der Waals surface area contributed by atoms with Gasteiger partial charge in [-0.05, 0) is 73.0 Å². The summed E-state index contributed by atoms with van der Waals surface area (Å²) in [5.41, 5.74) is 11.5. The van der Waals surface area contributed by atoms with Gasteiger partial charge in [-0.15, -0.1) is 0 Å². The van der Waals surface area contributed by atoms with E-state index in [1.54, 1.807) is 6.92 Å². The van der Waals surface area contributed by atoms with Crippen molar-refractivity contribution in [3.8, 4) is 11.1 Å². The summed E-state index contributed by atoms with van der Waals surface area (Å²) in [5, 5.41) is 0. The predicted octanol–water partition coefficient (Wildman–Crippen LogP) is 3.47. The van der Waals surface area contributed by atoms with E-state index in [0.717, 1.165) is 64.2 Å². The number of carbonyl (C=O) groups is 2. The molecule has 4 rings (SSSR count). The van der Waals surface area contributed by atoms with Crippen molar-refractivity contribution < 1.29 is 9.59 Å². The summed E-state index contributed by atoms with van der Waals surface area (Å²) in [6.07, 6.45) is 6.85. The van der Waals surface area contributed by atoms with Crippen LogP contribution in [0.25, 0.3) is 11.1 Å². The maximum Gasteiger partial charge on any atom is 0.231 e. The Bertz CT molecular complexity index is 980. The highest BCUT2D eigenvalue weighted by atomic mass is 16.2. The number of fused-ring (bicyclic) bond motifs is 1. The Morgan fingerprint density at radius 2 is 1.56 bits per heavy atom. The number of amides is 2. The lowest BCUT2D eigenvalue weighted by atomic mass is 9.95. The zero-order valence-corrected chi connectivity index (χ0v) is 20.5. The minimum absolute atomic E-state index is 0.126. The van der Waals surface area contributed by atoms with E-state index in [4.69, 9.17) is 5.73 Å². The van der Waals surface area contributed by atoms with E-state index in [2.05, 4.69) is 52.3 Å². The Balaban J connectivity index is 1.20. The Labute approximate surface area is 203 Å². The number of primary amides is 1. The topological polar surface area (TPSA) is 69.9 Å². The molecule has 2 aromatic rings. The molecule has 2 aliphatic heterocycles. The number of unbranched alkanes of at least 4 members (excludes halogenated alkanes) is 2. The molecular weight excluding hydrogens is 424 g/mol. The number of hydrogen-bond acceptors (Lipinski definition) is 4. The lowest BCUT2D eigenvalue weighted by Crippen LogP contribution is -2.48. The van der Waals surface area contributed by atoms with Gasteiger partial charge in [0.15, 0.2) is 0 Å². The number of piperazine rings is 1. The van der Waals surface area contributed by atoms with Crippen LogP contribution in [0.2, 0.25) is 0 Å². The van der Waals surface area contributed by atoms with Crippen molar-refractivity contribution in [1.82, 2.24) is 9.80 Å². The summed E-state index contributed by atoms with van der Waals surface area (Å²) < 4.78 is 0. The van der Waals surface area contributed by atoms with E-state index >= 15 is 0 Å². The second-order valence-corrected chi connectivity index (χ2v) is 9.71. The van der Waals surface area contributed by atoms with E-state index in [1.165, 1.54) is 41.5 Å². The van der Waals surface area contributed by atoms with Crippen LogP contribution >= 0.6 is 0 Å². The number of carbonyl (C=O) groups excluding carboxylic acids is 2. The lowest BCUT2D eigenvalue weighted by molar-refractivity contribution is -0.119. The number of anilines is 1. The molecule has 1 fully saturated rings. The molecule has 2 aromatic carbocycles. The van der Waals surface area contributed by atoms with Crippen LogP contribution in [0.15, 0.2) is 42.5 Å². The van der Waals surface area contributed by atoms with Gasteiger partial charge in [-0.1, -0.05) is 36.8 Å². The van der Waals surface area contributed by atoms with Gasteiger partial charge in [-0.2, -0.15) is 0 Å². The van der Waals surface area contributed by atoms with Gasteiger partial charge in [0, 0.05) is 45.3 Å². The molecule has 6 heteroatoms. The van der Waals surface area contributed by atoms with Crippen LogP contribution in [0.3, 0.4) is 0 Å². The summed E-state index contributed by atoms with van der Waals surface area (Å²) in [4.78, 5) is 29.5. The Morgan fingerprint density at radius 3 is 2.26 bits per heavy atom. The normalized spacial score (nSPS) is 16.9. The molecule has 0 aliphatic carbocycles. The van der Waals surface area contributed by atoms with E-state index < -0.39 is 0 Å². The van der Waals surface area contributed by atoms with E-state index in [-0.39, 0.29) is 11.8 Å². The maximum atomic E-state index is 11.9. The summed E-state index contributed by atoms with van der Waals surface area (Å²) in [6, 6.07) is 15.5. The first-order chi connectivity index (χ1) is 16.5. The molecule has 0 spiro atoms. The van der Waals surface area contributed by atoms with Gasteiger partial charge in [0.1, 0.15) is 0 Å². The van der Waals surface area contributed by atoms with Gasteiger partial charge in [-0.3, -0.25) is 14.5 Å². The van der Waals surface area contributed by atoms with Crippen molar-refractivity contribution in [2.45, 2.75) is 45.4 Å². The number of benzene rings is 2. The molecule has 1 saturated heterocycles. The van der Waals surface area contributed by atoms with Gasteiger partial charge in [-0.25, -0.2) is 0 Å². The van der Waals surface area contributed by atoms with Crippen molar-refractivity contribution in [2.24, 2.45) is 5.73 Å². The van der Waals surface area contributed by atoms with Crippen LogP contribution in [0.1, 0.15) is 43.7 Å². The molecule has 0 saturated carbocycles. The average Bonchev–Trinajstić information content (AvgIpc) is 2.84. The number of hydrogen-bond donors (Lipinski definition) is 1. The van der Waals surface area contributed by atoms with Gasteiger partial charge < -0.3 is 15.5 Å². The molecule has 2 heterocycles. The highest BCUT2D eigenvalue weighted by Gasteiger charge is 2.20. The first-order valence-electron chi connectivity index (χ1n) is 12.7. The Morgan fingerprint density at radius 1 is 0.853 bits per heavy atom. The SMILES string of the molecule is CC(=O)N1CCCc2cc(-c3ccc(CCCCCN4CCN(CC(N)=O)CC4)cc3)ccc21. The standard InChI is InChI=1S/C28H38N4O2/c1-22(33)32-15-5-7-26-20-25(12-13-27(26)32)24-10-8-23(9-11-24)6-3-2-4-14-30-16-18-31(19-17-30)21-28(29)34/h8-13,20H,2-7,14-19,21H2,1H3,(H2,29,34). The van der Waals surface area contributed by atoms with Gasteiger partial charge in [0.25, 0.3) is 0 Å². The number of nitrogens with zero attached hydrogens (tertiary/aromatic N) is 3. The number of nitrogens with two attached hydrogens (primary N) is 1. The zero-order valence-electron chi connectivity index (χ0n) is 20.5. The van der Waals surface area contributed by atoms with Crippen LogP contribution in [0.5, 0.6) is 0 Å². The summed E-state index contributed by atoms with van der Waals surface area (Å²) >= 11 is 0. The van der Waals surface area contributed by atoms with Crippen LogP contribution in [-0.2, 0) is 22.4 Å². The van der Waals surface area contributed by atoms with Crippen LogP contribution in [0, 0.1) is 0 Å². The number of rotatable bonds is 9. The predicted molar refractivity (Wildman–Crippen MR) is 138 cm³/mol. The second-order valence-electron chi connectivity index (χ2n) is 9.71. The summed E-state index contributed by atoms with van der Waals surface area (Å²) in [5.74, 6) is -0.106. The first-order valence-corrected chi connectivity index (χ1v) is 12.7. The molecular formula is C28H38N4O2. The minimum atomic E-state index is -0.231. The summed E-state index contributed by atoms with van der Waals surface area (Å²) in [6.45, 7) is 7.94. The van der Waals surface area contributed by atoms with Crippen LogP contribution in [0.4, 0.5) is 5.69 Å². The van der Waals surface area contributed by atoms with Crippen molar-refractivity contribution in [3.05, 3.63) is 53.6 Å². The van der Waals surface area contributed by atoms with Crippen molar-refractivity contribution >= 4 is 17.5 Å². The van der Waals surface area contributed by atoms with Crippen molar-refractivity contribution in [2.75, 3.05) is 50.7 Å². The zero-order chi connectivity index (χ0) is 23.9. The molecule has 182 valence electrons. The quantitative estimate of drug-likeness (QED) is 0.580. The smallest absolute Gasteiger partial charge is 0.231 e. The van der Waals surface area contributed by atoms with Crippen molar-refractivity contribution in [1.29, 1.82) is 0 Å². The highest BCUT2D eigenvalue weighted by molar-refractivity contribution is 5.93. The third kappa shape index (κ3) is 6.45. The fraction of sp³-hybridized carbons (Fsp3) is 0.500. The molecule has 0 aromatic heterocycles. The van der Waals surface area contributed by atoms with Crippen molar-refractivity contribution in [3.63, 3.8) is 0 Å². The highest BCUT2D eigenvalue weighted by Crippen LogP contribution is 2.32.